The fourth-order valence-electron chi connectivity index (χ4n) is 1.69. The molecule has 0 aliphatic rings. The van der Waals surface area contributed by atoms with Gasteiger partial charge in [-0.3, -0.25) is 14.9 Å². The van der Waals surface area contributed by atoms with Gasteiger partial charge in [0.15, 0.2) is 6.61 Å². The Bertz CT molecular complexity index is 702. The van der Waals surface area contributed by atoms with Crippen LogP contribution in [0.1, 0.15) is 13.8 Å². The van der Waals surface area contributed by atoms with E-state index in [1.165, 1.54) is 12.1 Å². The zero-order valence-electron chi connectivity index (χ0n) is 13.2. The predicted octanol–water partition coefficient (Wildman–Crippen LogP) is -0.272. The topological polar surface area (TPSA) is 145 Å². The van der Waals surface area contributed by atoms with Gasteiger partial charge in [-0.2, -0.15) is 4.72 Å². The van der Waals surface area contributed by atoms with Crippen LogP contribution in [0, 0.1) is 5.92 Å². The number of imide groups is 1. The minimum absolute atomic E-state index is 0.00470. The first-order valence-corrected chi connectivity index (χ1v) is 8.45. The molecular formula is C14H19N3O6S. The van der Waals surface area contributed by atoms with Crippen LogP contribution in [-0.2, 0) is 24.3 Å². The quantitative estimate of drug-likeness (QED) is 0.573. The predicted molar refractivity (Wildman–Crippen MR) is 84.1 cm³/mol. The lowest BCUT2D eigenvalue weighted by Crippen LogP contribution is -2.46. The molecule has 0 aromatic heterocycles. The van der Waals surface area contributed by atoms with Crippen LogP contribution in [0.3, 0.4) is 0 Å². The van der Waals surface area contributed by atoms with E-state index in [9.17, 15) is 22.8 Å². The Hall–Kier alpha value is -2.46. The molecule has 0 bridgehead atoms. The lowest BCUT2D eigenvalue weighted by molar-refractivity contribution is -0.150. The van der Waals surface area contributed by atoms with Crippen LogP contribution < -0.4 is 15.8 Å². The molecular weight excluding hydrogens is 338 g/mol. The number of sulfonamides is 1. The first-order valence-electron chi connectivity index (χ1n) is 6.97. The molecule has 24 heavy (non-hydrogen) atoms. The first kappa shape index (κ1) is 19.6. The van der Waals surface area contributed by atoms with Crippen LogP contribution in [0.5, 0.6) is 0 Å². The van der Waals surface area contributed by atoms with Gasteiger partial charge in [-0.1, -0.05) is 32.0 Å². The van der Waals surface area contributed by atoms with E-state index >= 15 is 0 Å². The number of rotatable bonds is 7. The molecule has 0 unspecified atom stereocenters. The molecule has 0 radical (unpaired) electrons. The number of esters is 1. The van der Waals surface area contributed by atoms with Crippen LogP contribution in [0.2, 0.25) is 0 Å². The zero-order chi connectivity index (χ0) is 18.3. The maximum absolute atomic E-state index is 12.3. The summed E-state index contributed by atoms with van der Waals surface area (Å²) < 4.78 is 31.5. The van der Waals surface area contributed by atoms with Crippen molar-refractivity contribution in [3.8, 4) is 0 Å². The van der Waals surface area contributed by atoms with Crippen molar-refractivity contribution in [2.45, 2.75) is 24.8 Å². The second-order valence-corrected chi connectivity index (χ2v) is 6.89. The molecule has 0 heterocycles. The van der Waals surface area contributed by atoms with E-state index in [0.29, 0.717) is 0 Å². The second-order valence-electron chi connectivity index (χ2n) is 5.18. The van der Waals surface area contributed by atoms with Gasteiger partial charge in [0.2, 0.25) is 10.0 Å². The van der Waals surface area contributed by atoms with E-state index in [1.54, 1.807) is 37.4 Å². The number of hydrogen-bond donors (Lipinski definition) is 3. The molecule has 1 aromatic rings. The van der Waals surface area contributed by atoms with Gasteiger partial charge in [0.05, 0.1) is 4.90 Å². The minimum Gasteiger partial charge on any atom is -0.454 e. The van der Waals surface area contributed by atoms with Crippen LogP contribution in [-0.4, -0.2) is 39.0 Å². The molecule has 0 saturated carbocycles. The number of amides is 3. The maximum Gasteiger partial charge on any atom is 0.324 e. The van der Waals surface area contributed by atoms with Gasteiger partial charge in [-0.15, -0.1) is 0 Å². The van der Waals surface area contributed by atoms with Gasteiger partial charge >= 0.3 is 12.0 Å². The summed E-state index contributed by atoms with van der Waals surface area (Å²) in [5, 5.41) is 1.72. The molecule has 132 valence electrons. The van der Waals surface area contributed by atoms with Gasteiger partial charge in [0.25, 0.3) is 5.91 Å². The van der Waals surface area contributed by atoms with Crippen LogP contribution in [0.4, 0.5) is 4.79 Å². The number of primary amides is 1. The van der Waals surface area contributed by atoms with E-state index < -0.39 is 46.5 Å². The number of nitrogens with two attached hydrogens (primary N) is 1. The average molecular weight is 357 g/mol. The van der Waals surface area contributed by atoms with E-state index in [4.69, 9.17) is 10.5 Å². The number of urea groups is 1. The van der Waals surface area contributed by atoms with Gasteiger partial charge in [0.1, 0.15) is 6.04 Å². The summed E-state index contributed by atoms with van der Waals surface area (Å²) in [5.41, 5.74) is 4.75. The van der Waals surface area contributed by atoms with Gasteiger partial charge in [-0.05, 0) is 18.1 Å². The summed E-state index contributed by atoms with van der Waals surface area (Å²) in [6.07, 6.45) is 0. The molecule has 10 heteroatoms. The highest BCUT2D eigenvalue weighted by atomic mass is 32.2. The summed E-state index contributed by atoms with van der Waals surface area (Å²) in [5.74, 6) is -2.29. The van der Waals surface area contributed by atoms with E-state index in [1.807, 2.05) is 0 Å². The highest BCUT2D eigenvalue weighted by Crippen LogP contribution is 2.12. The Morgan fingerprint density at radius 2 is 1.75 bits per heavy atom. The molecule has 9 nitrogen and oxygen atoms in total. The van der Waals surface area contributed by atoms with Gasteiger partial charge < -0.3 is 10.5 Å². The SMILES string of the molecule is CC(C)[C@@H](NS(=O)(=O)c1ccccc1)C(=O)OCC(=O)NC(N)=O. The number of carbonyl (C=O) groups excluding carboxylic acids is 3. The Balaban J connectivity index is 2.78. The fraction of sp³-hybridized carbons (Fsp3) is 0.357. The largest absolute Gasteiger partial charge is 0.454 e. The summed E-state index contributed by atoms with van der Waals surface area (Å²) in [4.78, 5) is 33.8. The normalized spacial score (nSPS) is 12.5. The van der Waals surface area contributed by atoms with Crippen molar-refractivity contribution < 1.29 is 27.5 Å². The molecule has 4 N–H and O–H groups in total. The van der Waals surface area contributed by atoms with E-state index in [2.05, 4.69) is 4.72 Å². The van der Waals surface area contributed by atoms with Crippen molar-refractivity contribution >= 4 is 27.9 Å². The average Bonchev–Trinajstić information content (AvgIpc) is 2.50. The maximum atomic E-state index is 12.3. The minimum atomic E-state index is -3.93. The Labute approximate surface area is 139 Å². The van der Waals surface area contributed by atoms with Crippen molar-refractivity contribution in [2.24, 2.45) is 11.7 Å². The highest BCUT2D eigenvalue weighted by molar-refractivity contribution is 7.89. The Kier molecular flexibility index (Phi) is 6.86. The lowest BCUT2D eigenvalue weighted by Gasteiger charge is -2.20. The van der Waals surface area contributed by atoms with Crippen molar-refractivity contribution in [3.05, 3.63) is 30.3 Å². The smallest absolute Gasteiger partial charge is 0.324 e. The number of ether oxygens (including phenoxy) is 1. The molecule has 0 saturated heterocycles. The van der Waals surface area contributed by atoms with Crippen molar-refractivity contribution in [3.63, 3.8) is 0 Å². The second kappa shape index (κ2) is 8.41. The number of hydrogen-bond acceptors (Lipinski definition) is 6. The zero-order valence-corrected chi connectivity index (χ0v) is 14.0. The first-order chi connectivity index (χ1) is 11.1. The number of benzene rings is 1. The van der Waals surface area contributed by atoms with E-state index in [0.717, 1.165) is 0 Å². The number of nitrogens with one attached hydrogen (secondary N) is 2. The molecule has 1 rings (SSSR count). The molecule has 1 aromatic carbocycles. The molecule has 0 aliphatic carbocycles. The summed E-state index contributed by atoms with van der Waals surface area (Å²) in [7, 11) is -3.93. The van der Waals surface area contributed by atoms with Crippen molar-refractivity contribution in [2.75, 3.05) is 6.61 Å². The fourth-order valence-corrected chi connectivity index (χ4v) is 3.05. The third-order valence-corrected chi connectivity index (χ3v) is 4.32. The van der Waals surface area contributed by atoms with Crippen LogP contribution in [0.25, 0.3) is 0 Å². The molecule has 0 fully saturated rings. The summed E-state index contributed by atoms with van der Waals surface area (Å²) in [6, 6.07) is 5.23. The molecule has 3 amide bonds. The summed E-state index contributed by atoms with van der Waals surface area (Å²) in [6.45, 7) is 2.48. The molecule has 1 atom stereocenters. The lowest BCUT2D eigenvalue weighted by atomic mass is 10.1. The highest BCUT2D eigenvalue weighted by Gasteiger charge is 2.30. The standard InChI is InChI=1S/C14H19N3O6S/c1-9(2)12(13(19)23-8-11(18)16-14(15)20)17-24(21,22)10-6-4-3-5-7-10/h3-7,9,12,17H,8H2,1-2H3,(H3,15,16,18,20)/t12-/m1/s1. The van der Waals surface area contributed by atoms with E-state index in [-0.39, 0.29) is 4.90 Å². The third kappa shape index (κ3) is 5.97. The summed E-state index contributed by atoms with van der Waals surface area (Å²) >= 11 is 0. The molecule has 0 spiro atoms. The van der Waals surface area contributed by atoms with Crippen LogP contribution in [0.15, 0.2) is 35.2 Å². The van der Waals surface area contributed by atoms with Crippen molar-refractivity contribution in [1.82, 2.24) is 10.0 Å². The van der Waals surface area contributed by atoms with Crippen molar-refractivity contribution in [1.29, 1.82) is 0 Å². The van der Waals surface area contributed by atoms with Gasteiger partial charge in [0, 0.05) is 0 Å². The Morgan fingerprint density at radius 1 is 1.17 bits per heavy atom. The van der Waals surface area contributed by atoms with Gasteiger partial charge in [-0.25, -0.2) is 13.2 Å². The third-order valence-electron chi connectivity index (χ3n) is 2.86. The monoisotopic (exact) mass is 357 g/mol. The molecule has 0 aliphatic heterocycles. The van der Waals surface area contributed by atoms with Crippen LogP contribution >= 0.6 is 0 Å². The Morgan fingerprint density at radius 3 is 2.25 bits per heavy atom. The number of carbonyl (C=O) groups is 3.